The number of nitrogens with one attached hydrogen (secondary N) is 1. The SMILES string of the molecule is CC1(NC(=O)c2ncccc2Cl)CCN(c2ccc(-c3cc(CCC4(C#N)CC4)cn4ncc(C#N)c34)cn2)CC1. The smallest absolute Gasteiger partial charge is 0.271 e. The third kappa shape index (κ3) is 5.33. The van der Waals surface area contributed by atoms with Crippen molar-refractivity contribution in [2.24, 2.45) is 5.41 Å². The van der Waals surface area contributed by atoms with Crippen LogP contribution in [-0.2, 0) is 6.42 Å². The lowest BCUT2D eigenvalue weighted by molar-refractivity contribution is 0.0886. The topological polar surface area (TPSA) is 123 Å². The van der Waals surface area contributed by atoms with Gasteiger partial charge in [0.25, 0.3) is 5.91 Å². The van der Waals surface area contributed by atoms with Crippen LogP contribution in [0.15, 0.2) is 55.1 Å². The van der Waals surface area contributed by atoms with E-state index < -0.39 is 0 Å². The van der Waals surface area contributed by atoms with Crippen molar-refractivity contribution in [3.8, 4) is 23.3 Å². The molecule has 0 spiro atoms. The highest BCUT2D eigenvalue weighted by Crippen LogP contribution is 2.48. The highest BCUT2D eigenvalue weighted by molar-refractivity contribution is 6.33. The number of fused-ring (bicyclic) bond motifs is 1. The molecule has 6 rings (SSSR count). The summed E-state index contributed by atoms with van der Waals surface area (Å²) < 4.78 is 1.76. The highest BCUT2D eigenvalue weighted by atomic mass is 35.5. The van der Waals surface area contributed by atoms with Crippen molar-refractivity contribution in [2.45, 2.75) is 51.0 Å². The lowest BCUT2D eigenvalue weighted by Gasteiger charge is -2.40. The fourth-order valence-electron chi connectivity index (χ4n) is 5.54. The maximum absolute atomic E-state index is 12.8. The minimum Gasteiger partial charge on any atom is -0.356 e. The number of halogens is 1. The Morgan fingerprint density at radius 3 is 2.59 bits per heavy atom. The molecule has 206 valence electrons. The van der Waals surface area contributed by atoms with Crippen LogP contribution in [0.25, 0.3) is 16.6 Å². The molecule has 1 aliphatic carbocycles. The van der Waals surface area contributed by atoms with E-state index in [1.54, 1.807) is 29.0 Å². The van der Waals surface area contributed by atoms with Crippen molar-refractivity contribution in [2.75, 3.05) is 18.0 Å². The van der Waals surface area contributed by atoms with E-state index in [9.17, 15) is 15.3 Å². The third-order valence-electron chi connectivity index (χ3n) is 8.41. The van der Waals surface area contributed by atoms with E-state index in [2.05, 4.69) is 38.5 Å². The summed E-state index contributed by atoms with van der Waals surface area (Å²) in [4.78, 5) is 23.9. The van der Waals surface area contributed by atoms with E-state index >= 15 is 0 Å². The third-order valence-corrected chi connectivity index (χ3v) is 8.72. The zero-order valence-corrected chi connectivity index (χ0v) is 23.5. The number of amides is 1. The summed E-state index contributed by atoms with van der Waals surface area (Å²) in [6.45, 7) is 3.52. The standard InChI is InChI=1S/C31H29ClN8O/c1-30(38-29(41)27-25(32)3-2-12-35-27)10-13-39(14-11-30)26-5-4-22(17-36-26)24-15-21(6-7-31(20-34)8-9-31)19-40-28(24)23(16-33)18-37-40/h2-5,12,15,17-19H,6-11,13-14H2,1H3,(H,38,41). The molecule has 0 bridgehead atoms. The molecule has 0 aromatic carbocycles. The molecule has 1 aliphatic heterocycles. The molecule has 4 aromatic heterocycles. The molecule has 4 aromatic rings. The van der Waals surface area contributed by atoms with Gasteiger partial charge in [-0.3, -0.25) is 4.79 Å². The largest absolute Gasteiger partial charge is 0.356 e. The summed E-state index contributed by atoms with van der Waals surface area (Å²) >= 11 is 6.16. The molecule has 10 heteroatoms. The Bertz CT molecular complexity index is 1700. The first kappa shape index (κ1) is 26.7. The number of piperidine rings is 1. The number of nitrogens with zero attached hydrogens (tertiary/aromatic N) is 7. The molecule has 9 nitrogen and oxygen atoms in total. The van der Waals surface area contributed by atoms with Gasteiger partial charge in [0.1, 0.15) is 17.6 Å². The Kier molecular flexibility index (Phi) is 6.84. The molecular weight excluding hydrogens is 536 g/mol. The number of hydrogen-bond acceptors (Lipinski definition) is 7. The van der Waals surface area contributed by atoms with Gasteiger partial charge >= 0.3 is 0 Å². The first-order valence-electron chi connectivity index (χ1n) is 13.8. The second-order valence-corrected chi connectivity index (χ2v) is 11.8. The van der Waals surface area contributed by atoms with Crippen LogP contribution in [0.4, 0.5) is 5.82 Å². The summed E-state index contributed by atoms with van der Waals surface area (Å²) in [6, 6.07) is 14.2. The number of anilines is 1. The van der Waals surface area contributed by atoms with Gasteiger partial charge in [-0.05, 0) is 81.3 Å². The second-order valence-electron chi connectivity index (χ2n) is 11.4. The zero-order valence-electron chi connectivity index (χ0n) is 22.8. The van der Waals surface area contributed by atoms with Crippen LogP contribution < -0.4 is 10.2 Å². The first-order valence-corrected chi connectivity index (χ1v) is 14.2. The van der Waals surface area contributed by atoms with Gasteiger partial charge in [-0.1, -0.05) is 11.6 Å². The maximum Gasteiger partial charge on any atom is 0.271 e. The van der Waals surface area contributed by atoms with Crippen molar-refractivity contribution in [1.29, 1.82) is 10.5 Å². The van der Waals surface area contributed by atoms with Crippen molar-refractivity contribution >= 4 is 28.8 Å². The van der Waals surface area contributed by atoms with E-state index in [0.29, 0.717) is 10.6 Å². The second kappa shape index (κ2) is 10.5. The van der Waals surface area contributed by atoms with Crippen LogP contribution in [0.5, 0.6) is 0 Å². The predicted octanol–water partition coefficient (Wildman–Crippen LogP) is 5.34. The van der Waals surface area contributed by atoms with Gasteiger partial charge in [-0.25, -0.2) is 14.5 Å². The monoisotopic (exact) mass is 564 g/mol. The number of pyridine rings is 3. The molecule has 2 fully saturated rings. The van der Waals surface area contributed by atoms with E-state index in [1.807, 2.05) is 31.5 Å². The molecule has 1 saturated carbocycles. The number of rotatable bonds is 7. The highest BCUT2D eigenvalue weighted by Gasteiger charge is 2.42. The maximum atomic E-state index is 12.8. The van der Waals surface area contributed by atoms with Crippen molar-refractivity contribution in [1.82, 2.24) is 24.9 Å². The number of aryl methyl sites for hydroxylation is 1. The van der Waals surface area contributed by atoms with E-state index in [-0.39, 0.29) is 22.6 Å². The van der Waals surface area contributed by atoms with Crippen LogP contribution >= 0.6 is 11.6 Å². The van der Waals surface area contributed by atoms with Crippen molar-refractivity contribution < 1.29 is 4.79 Å². The average Bonchev–Trinajstić information content (AvgIpc) is 3.66. The van der Waals surface area contributed by atoms with Crippen LogP contribution in [-0.4, -0.2) is 44.1 Å². The number of hydrogen-bond donors (Lipinski definition) is 1. The molecule has 0 unspecified atom stereocenters. The van der Waals surface area contributed by atoms with E-state index in [1.165, 1.54) is 0 Å². The Morgan fingerprint density at radius 2 is 1.93 bits per heavy atom. The Labute approximate surface area is 243 Å². The minimum absolute atomic E-state index is 0.181. The van der Waals surface area contributed by atoms with E-state index in [0.717, 1.165) is 79.6 Å². The number of carbonyl (C=O) groups excluding carboxylic acids is 1. The summed E-state index contributed by atoms with van der Waals surface area (Å²) in [5.41, 5.74) is 3.83. The Hall–Kier alpha value is -4.47. The van der Waals surface area contributed by atoms with Gasteiger partial charge in [-0.2, -0.15) is 15.6 Å². The van der Waals surface area contributed by atoms with Crippen LogP contribution in [0, 0.1) is 28.1 Å². The normalized spacial score (nSPS) is 17.0. The summed E-state index contributed by atoms with van der Waals surface area (Å²) in [5.74, 6) is 0.597. The number of carbonyl (C=O) groups is 1. The van der Waals surface area contributed by atoms with Gasteiger partial charge in [0, 0.05) is 48.3 Å². The van der Waals surface area contributed by atoms with Gasteiger partial charge in [0.15, 0.2) is 0 Å². The van der Waals surface area contributed by atoms with Crippen molar-refractivity contribution in [3.05, 3.63) is 77.0 Å². The molecular formula is C31H29ClN8O. The fourth-order valence-corrected chi connectivity index (χ4v) is 5.75. The quantitative estimate of drug-likeness (QED) is 0.321. The number of nitriles is 2. The summed E-state index contributed by atoms with van der Waals surface area (Å²) in [6.07, 6.45) is 12.0. The molecule has 1 amide bonds. The lowest BCUT2D eigenvalue weighted by atomic mass is 9.89. The molecule has 41 heavy (non-hydrogen) atoms. The zero-order chi connectivity index (χ0) is 28.6. The lowest BCUT2D eigenvalue weighted by Crippen LogP contribution is -2.53. The molecule has 2 aliphatic rings. The fraction of sp³-hybridized carbons (Fsp3) is 0.355. The molecule has 0 radical (unpaired) electrons. The predicted molar refractivity (Wildman–Crippen MR) is 155 cm³/mol. The summed E-state index contributed by atoms with van der Waals surface area (Å²) in [5, 5.41) is 27.1. The van der Waals surface area contributed by atoms with Crippen LogP contribution in [0.3, 0.4) is 0 Å². The van der Waals surface area contributed by atoms with Crippen LogP contribution in [0.2, 0.25) is 5.02 Å². The Morgan fingerprint density at radius 1 is 1.12 bits per heavy atom. The van der Waals surface area contributed by atoms with Gasteiger partial charge in [0.05, 0.1) is 33.8 Å². The molecule has 0 atom stereocenters. The first-order chi connectivity index (χ1) is 19.8. The molecule has 5 heterocycles. The van der Waals surface area contributed by atoms with Crippen molar-refractivity contribution in [3.63, 3.8) is 0 Å². The minimum atomic E-state index is -0.374. The van der Waals surface area contributed by atoms with Gasteiger partial charge in [0.2, 0.25) is 0 Å². The molecule has 1 saturated heterocycles. The van der Waals surface area contributed by atoms with Gasteiger partial charge in [-0.15, -0.1) is 0 Å². The van der Waals surface area contributed by atoms with E-state index in [4.69, 9.17) is 16.6 Å². The number of aromatic nitrogens is 4. The average molecular weight is 565 g/mol. The summed E-state index contributed by atoms with van der Waals surface area (Å²) in [7, 11) is 0. The van der Waals surface area contributed by atoms with Crippen LogP contribution in [0.1, 0.15) is 60.6 Å². The van der Waals surface area contributed by atoms with Gasteiger partial charge < -0.3 is 10.2 Å². The molecule has 1 N–H and O–H groups in total. The Balaban J connectivity index is 1.18.